The number of imide groups is 1. The Morgan fingerprint density at radius 3 is 2.57 bits per heavy atom. The summed E-state index contributed by atoms with van der Waals surface area (Å²) in [6.07, 6.45) is 0.664. The number of benzene rings is 1. The van der Waals surface area contributed by atoms with Gasteiger partial charge in [0.15, 0.2) is 5.60 Å². The number of hydrogen-bond acceptors (Lipinski definition) is 6. The van der Waals surface area contributed by atoms with Gasteiger partial charge in [-0.05, 0) is 39.3 Å². The zero-order valence-corrected chi connectivity index (χ0v) is 17.5. The van der Waals surface area contributed by atoms with E-state index in [0.717, 1.165) is 10.6 Å². The van der Waals surface area contributed by atoms with E-state index in [1.807, 2.05) is 18.2 Å². The highest BCUT2D eigenvalue weighted by atomic mass is 16.3. The van der Waals surface area contributed by atoms with Crippen LogP contribution in [0.5, 0.6) is 0 Å². The lowest BCUT2D eigenvalue weighted by atomic mass is 10.0. The van der Waals surface area contributed by atoms with Crippen molar-refractivity contribution in [3.63, 3.8) is 0 Å². The van der Waals surface area contributed by atoms with Crippen LogP contribution in [0, 0.1) is 11.3 Å². The van der Waals surface area contributed by atoms with E-state index in [1.165, 1.54) is 6.92 Å². The molecule has 2 N–H and O–H groups in total. The number of hydrogen-bond donors (Lipinski definition) is 2. The van der Waals surface area contributed by atoms with Crippen molar-refractivity contribution in [1.82, 2.24) is 15.1 Å². The lowest BCUT2D eigenvalue weighted by molar-refractivity contribution is -0.152. The Morgan fingerprint density at radius 1 is 1.23 bits per heavy atom. The molecule has 2 aliphatic heterocycles. The van der Waals surface area contributed by atoms with E-state index in [9.17, 15) is 24.8 Å². The SMILES string of the molecule is CC(O)(CN1C(=O)NC(C)(C)C1=O)C(=O)N1CCCN(c2ccccc2C#N)CC1. The lowest BCUT2D eigenvalue weighted by Crippen LogP contribution is -2.55. The maximum atomic E-state index is 13.0. The third-order valence-electron chi connectivity index (χ3n) is 5.52. The van der Waals surface area contributed by atoms with Gasteiger partial charge in [0.1, 0.15) is 11.6 Å². The molecule has 9 nitrogen and oxygen atoms in total. The molecule has 0 radical (unpaired) electrons. The molecule has 0 aliphatic carbocycles. The lowest BCUT2D eigenvalue weighted by Gasteiger charge is -2.32. The summed E-state index contributed by atoms with van der Waals surface area (Å²) in [7, 11) is 0. The predicted molar refractivity (Wildman–Crippen MR) is 110 cm³/mol. The Kier molecular flexibility index (Phi) is 5.72. The molecule has 160 valence electrons. The molecule has 0 bridgehead atoms. The highest BCUT2D eigenvalue weighted by Crippen LogP contribution is 2.23. The molecular formula is C21H27N5O4. The largest absolute Gasteiger partial charge is 0.378 e. The van der Waals surface area contributed by atoms with Crippen LogP contribution in [0.15, 0.2) is 24.3 Å². The molecule has 1 aromatic carbocycles. The first kappa shape index (κ1) is 21.6. The molecule has 0 saturated carbocycles. The minimum absolute atomic E-state index is 0.361. The summed E-state index contributed by atoms with van der Waals surface area (Å²) in [6, 6.07) is 8.89. The number of urea groups is 1. The average molecular weight is 413 g/mol. The van der Waals surface area contributed by atoms with Gasteiger partial charge in [-0.15, -0.1) is 0 Å². The fourth-order valence-corrected chi connectivity index (χ4v) is 3.88. The number of aliphatic hydroxyl groups is 1. The standard InChI is InChI=1S/C21H27N5O4/c1-20(2)17(27)26(19(29)23-20)14-21(3,30)18(28)25-10-6-9-24(11-12-25)16-8-5-4-7-15(16)13-22/h4-5,7-8,30H,6,9-12,14H2,1-3H3,(H,23,29). The first-order valence-electron chi connectivity index (χ1n) is 9.97. The topological polar surface area (TPSA) is 117 Å². The number of carbonyl (C=O) groups is 3. The second-order valence-electron chi connectivity index (χ2n) is 8.48. The molecule has 4 amide bonds. The Bertz CT molecular complexity index is 905. The number of para-hydroxylation sites is 1. The van der Waals surface area contributed by atoms with Crippen LogP contribution in [0.25, 0.3) is 0 Å². The molecule has 2 saturated heterocycles. The van der Waals surface area contributed by atoms with Gasteiger partial charge in [0.05, 0.1) is 17.8 Å². The Morgan fingerprint density at radius 2 is 1.93 bits per heavy atom. The Balaban J connectivity index is 1.69. The van der Waals surface area contributed by atoms with E-state index >= 15 is 0 Å². The summed E-state index contributed by atoms with van der Waals surface area (Å²) in [4.78, 5) is 42.1. The molecule has 2 heterocycles. The van der Waals surface area contributed by atoms with E-state index in [2.05, 4.69) is 16.3 Å². The molecule has 30 heavy (non-hydrogen) atoms. The van der Waals surface area contributed by atoms with Crippen LogP contribution in [0.4, 0.5) is 10.5 Å². The van der Waals surface area contributed by atoms with E-state index in [1.54, 1.807) is 24.8 Å². The van der Waals surface area contributed by atoms with Gasteiger partial charge in [0, 0.05) is 26.2 Å². The van der Waals surface area contributed by atoms with Gasteiger partial charge in [0.2, 0.25) is 0 Å². The zero-order valence-electron chi connectivity index (χ0n) is 17.5. The van der Waals surface area contributed by atoms with Crippen molar-refractivity contribution in [1.29, 1.82) is 5.26 Å². The summed E-state index contributed by atoms with van der Waals surface area (Å²) >= 11 is 0. The van der Waals surface area contributed by atoms with E-state index < -0.39 is 35.5 Å². The number of amides is 4. The van der Waals surface area contributed by atoms with Gasteiger partial charge in [-0.1, -0.05) is 12.1 Å². The van der Waals surface area contributed by atoms with Crippen LogP contribution in [-0.4, -0.2) is 76.6 Å². The maximum absolute atomic E-state index is 13.0. The highest BCUT2D eigenvalue weighted by Gasteiger charge is 2.48. The van der Waals surface area contributed by atoms with Crippen LogP contribution in [0.2, 0.25) is 0 Å². The van der Waals surface area contributed by atoms with Crippen LogP contribution < -0.4 is 10.2 Å². The zero-order chi connectivity index (χ0) is 22.1. The smallest absolute Gasteiger partial charge is 0.325 e. The third kappa shape index (κ3) is 4.09. The number of carbonyl (C=O) groups excluding carboxylic acids is 3. The molecule has 3 rings (SSSR count). The van der Waals surface area contributed by atoms with Crippen molar-refractivity contribution in [3.05, 3.63) is 29.8 Å². The van der Waals surface area contributed by atoms with Crippen molar-refractivity contribution in [2.24, 2.45) is 0 Å². The Hall–Kier alpha value is -3.12. The molecule has 2 fully saturated rings. The maximum Gasteiger partial charge on any atom is 0.325 e. The number of β-amino-alcohol motifs (C(OH)–C–C–N with tert-alkyl or cyclic N) is 1. The van der Waals surface area contributed by atoms with Crippen molar-refractivity contribution in [2.45, 2.75) is 38.3 Å². The summed E-state index contributed by atoms with van der Waals surface area (Å²) in [6.45, 7) is 6.06. The number of anilines is 1. The molecular weight excluding hydrogens is 386 g/mol. The number of nitrogens with one attached hydrogen (secondary N) is 1. The third-order valence-corrected chi connectivity index (χ3v) is 5.52. The minimum atomic E-state index is -1.90. The normalized spacial score (nSPS) is 21.0. The quantitative estimate of drug-likeness (QED) is 0.701. The fourth-order valence-electron chi connectivity index (χ4n) is 3.88. The van der Waals surface area contributed by atoms with Crippen molar-refractivity contribution in [3.8, 4) is 6.07 Å². The van der Waals surface area contributed by atoms with E-state index in [4.69, 9.17) is 0 Å². The van der Waals surface area contributed by atoms with Gasteiger partial charge in [-0.3, -0.25) is 14.5 Å². The molecule has 0 aromatic heterocycles. The number of nitrogens with zero attached hydrogens (tertiary/aromatic N) is 4. The monoisotopic (exact) mass is 413 g/mol. The summed E-state index contributed by atoms with van der Waals surface area (Å²) in [5, 5.41) is 22.7. The van der Waals surface area contributed by atoms with Crippen LogP contribution >= 0.6 is 0 Å². The first-order valence-corrected chi connectivity index (χ1v) is 9.97. The molecule has 1 unspecified atom stereocenters. The minimum Gasteiger partial charge on any atom is -0.378 e. The molecule has 9 heteroatoms. The van der Waals surface area contributed by atoms with Crippen molar-refractivity contribution in [2.75, 3.05) is 37.6 Å². The molecule has 1 atom stereocenters. The highest BCUT2D eigenvalue weighted by molar-refractivity contribution is 6.07. The fraction of sp³-hybridized carbons (Fsp3) is 0.524. The molecule has 0 spiro atoms. The first-order chi connectivity index (χ1) is 14.1. The van der Waals surface area contributed by atoms with Crippen LogP contribution in [-0.2, 0) is 9.59 Å². The van der Waals surface area contributed by atoms with Crippen LogP contribution in [0.3, 0.4) is 0 Å². The Labute approximate surface area is 175 Å². The second kappa shape index (κ2) is 7.95. The van der Waals surface area contributed by atoms with Crippen molar-refractivity contribution < 1.29 is 19.5 Å². The second-order valence-corrected chi connectivity index (χ2v) is 8.48. The van der Waals surface area contributed by atoms with Gasteiger partial charge in [0.25, 0.3) is 11.8 Å². The summed E-state index contributed by atoms with van der Waals surface area (Å²) < 4.78 is 0. The van der Waals surface area contributed by atoms with Crippen LogP contribution in [0.1, 0.15) is 32.8 Å². The summed E-state index contributed by atoms with van der Waals surface area (Å²) in [5.41, 5.74) is -1.56. The molecule has 2 aliphatic rings. The summed E-state index contributed by atoms with van der Waals surface area (Å²) in [5.74, 6) is -1.00. The van der Waals surface area contributed by atoms with Gasteiger partial charge >= 0.3 is 6.03 Å². The van der Waals surface area contributed by atoms with Crippen molar-refractivity contribution >= 4 is 23.5 Å². The number of rotatable bonds is 4. The predicted octanol–water partition coefficient (Wildman–Crippen LogP) is 0.678. The average Bonchev–Trinajstić information content (AvgIpc) is 2.89. The van der Waals surface area contributed by atoms with E-state index in [-0.39, 0.29) is 0 Å². The molecule has 1 aromatic rings. The van der Waals surface area contributed by atoms with Gasteiger partial charge in [-0.2, -0.15) is 5.26 Å². The van der Waals surface area contributed by atoms with Gasteiger partial charge < -0.3 is 20.2 Å². The van der Waals surface area contributed by atoms with E-state index in [0.29, 0.717) is 38.2 Å². The number of nitriles is 1. The van der Waals surface area contributed by atoms with Gasteiger partial charge in [-0.25, -0.2) is 4.79 Å².